The van der Waals surface area contributed by atoms with Gasteiger partial charge in [0, 0.05) is 13.2 Å². The van der Waals surface area contributed by atoms with Crippen molar-refractivity contribution in [3.8, 4) is 0 Å². The topological polar surface area (TPSA) is 54.5 Å². The fourth-order valence-electron chi connectivity index (χ4n) is 2.51. The zero-order chi connectivity index (χ0) is 12.0. The molecule has 5 nitrogen and oxygen atoms in total. The summed E-state index contributed by atoms with van der Waals surface area (Å²) in [6.45, 7) is 3.06. The molecule has 0 spiro atoms. The molecule has 1 amide bonds. The van der Waals surface area contributed by atoms with Gasteiger partial charge in [0.15, 0.2) is 5.82 Å². The molecule has 90 valence electrons. The van der Waals surface area contributed by atoms with Gasteiger partial charge >= 0.3 is 0 Å². The summed E-state index contributed by atoms with van der Waals surface area (Å²) in [6, 6.07) is 2.00. The highest BCUT2D eigenvalue weighted by molar-refractivity contribution is 5.98. The minimum absolute atomic E-state index is 0.0363. The highest BCUT2D eigenvalue weighted by Gasteiger charge is 2.40. The molecule has 1 aromatic rings. The highest BCUT2D eigenvalue weighted by atomic mass is 16.5. The minimum Gasteiger partial charge on any atom is -0.378 e. The molecule has 5 heteroatoms. The predicted octanol–water partition coefficient (Wildman–Crippen LogP) is 0.793. The molecule has 0 bridgehead atoms. The standard InChI is InChI=1S/C12H15N3O2/c1-7-3-4-13-11-10(7)14-12(16)8-5-17-6-9(8)15(11)2/h3-4,8-9H,5-6H2,1-2H3,(H,14,16). The lowest BCUT2D eigenvalue weighted by molar-refractivity contribution is -0.120. The smallest absolute Gasteiger partial charge is 0.232 e. The number of aryl methyl sites for hydroxylation is 1. The van der Waals surface area contributed by atoms with Crippen LogP contribution < -0.4 is 10.2 Å². The number of fused-ring (bicyclic) bond motifs is 2. The summed E-state index contributed by atoms with van der Waals surface area (Å²) in [5.41, 5.74) is 1.87. The maximum atomic E-state index is 12.1. The number of rotatable bonds is 0. The van der Waals surface area contributed by atoms with Gasteiger partial charge < -0.3 is 15.0 Å². The second kappa shape index (κ2) is 3.70. The Morgan fingerprint density at radius 3 is 3.18 bits per heavy atom. The fraction of sp³-hybridized carbons (Fsp3) is 0.500. The maximum absolute atomic E-state index is 12.1. The van der Waals surface area contributed by atoms with Crippen molar-refractivity contribution in [2.75, 3.05) is 30.5 Å². The van der Waals surface area contributed by atoms with Crippen molar-refractivity contribution in [3.63, 3.8) is 0 Å². The molecular weight excluding hydrogens is 218 g/mol. The first-order valence-corrected chi connectivity index (χ1v) is 5.75. The van der Waals surface area contributed by atoms with Crippen LogP contribution in [-0.4, -0.2) is 37.2 Å². The van der Waals surface area contributed by atoms with Crippen LogP contribution in [0.15, 0.2) is 12.3 Å². The monoisotopic (exact) mass is 233 g/mol. The number of amides is 1. The van der Waals surface area contributed by atoms with Crippen LogP contribution in [0, 0.1) is 12.8 Å². The number of carbonyl (C=O) groups excluding carboxylic acids is 1. The predicted molar refractivity (Wildman–Crippen MR) is 64.1 cm³/mol. The Labute approximate surface area is 99.8 Å². The van der Waals surface area contributed by atoms with Crippen LogP contribution in [0.1, 0.15) is 5.56 Å². The molecule has 1 N–H and O–H groups in total. The van der Waals surface area contributed by atoms with E-state index in [1.54, 1.807) is 6.20 Å². The lowest BCUT2D eigenvalue weighted by Gasteiger charge is -2.25. The number of hydrogen-bond donors (Lipinski definition) is 1. The summed E-state index contributed by atoms with van der Waals surface area (Å²) >= 11 is 0. The van der Waals surface area contributed by atoms with E-state index in [4.69, 9.17) is 4.74 Å². The number of nitrogens with one attached hydrogen (secondary N) is 1. The van der Waals surface area contributed by atoms with E-state index in [1.165, 1.54) is 0 Å². The van der Waals surface area contributed by atoms with E-state index >= 15 is 0 Å². The van der Waals surface area contributed by atoms with Gasteiger partial charge in [-0.1, -0.05) is 0 Å². The Morgan fingerprint density at radius 1 is 1.53 bits per heavy atom. The zero-order valence-corrected chi connectivity index (χ0v) is 9.93. The maximum Gasteiger partial charge on any atom is 0.232 e. The summed E-state index contributed by atoms with van der Waals surface area (Å²) in [6.07, 6.45) is 1.77. The van der Waals surface area contributed by atoms with Gasteiger partial charge in [-0.2, -0.15) is 0 Å². The molecule has 1 aromatic heterocycles. The lowest BCUT2D eigenvalue weighted by atomic mass is 10.0. The number of ether oxygens (including phenoxy) is 1. The SMILES string of the molecule is Cc1ccnc2c1NC(=O)C1COCC1N2C. The summed E-state index contributed by atoms with van der Waals surface area (Å²) in [5, 5.41) is 2.97. The Balaban J connectivity index is 2.12. The molecule has 0 aromatic carbocycles. The third-order valence-electron chi connectivity index (χ3n) is 3.61. The van der Waals surface area contributed by atoms with Crippen molar-refractivity contribution in [1.29, 1.82) is 0 Å². The molecule has 3 rings (SSSR count). The fourth-order valence-corrected chi connectivity index (χ4v) is 2.51. The van der Waals surface area contributed by atoms with Crippen LogP contribution in [0.3, 0.4) is 0 Å². The number of pyridine rings is 1. The van der Waals surface area contributed by atoms with E-state index < -0.39 is 0 Å². The van der Waals surface area contributed by atoms with Crippen molar-refractivity contribution < 1.29 is 9.53 Å². The molecule has 2 atom stereocenters. The van der Waals surface area contributed by atoms with Crippen molar-refractivity contribution in [2.24, 2.45) is 5.92 Å². The quantitative estimate of drug-likeness (QED) is 0.720. The Morgan fingerprint density at radius 2 is 2.35 bits per heavy atom. The van der Waals surface area contributed by atoms with Crippen LogP contribution >= 0.6 is 0 Å². The Bertz CT molecular complexity index is 475. The van der Waals surface area contributed by atoms with Crippen molar-refractivity contribution in [1.82, 2.24) is 4.98 Å². The zero-order valence-electron chi connectivity index (χ0n) is 9.93. The molecule has 0 radical (unpaired) electrons. The van der Waals surface area contributed by atoms with E-state index in [9.17, 15) is 4.79 Å². The molecule has 0 saturated carbocycles. The lowest BCUT2D eigenvalue weighted by Crippen LogP contribution is -2.40. The number of anilines is 2. The van der Waals surface area contributed by atoms with Crippen LogP contribution in [0.4, 0.5) is 11.5 Å². The summed E-state index contributed by atoms with van der Waals surface area (Å²) in [4.78, 5) is 18.5. The van der Waals surface area contributed by atoms with E-state index in [0.29, 0.717) is 13.2 Å². The van der Waals surface area contributed by atoms with Crippen molar-refractivity contribution in [3.05, 3.63) is 17.8 Å². The van der Waals surface area contributed by atoms with Crippen LogP contribution in [0.2, 0.25) is 0 Å². The third kappa shape index (κ3) is 1.50. The number of nitrogens with zero attached hydrogens (tertiary/aromatic N) is 2. The molecule has 1 fully saturated rings. The first kappa shape index (κ1) is 10.5. The molecule has 3 heterocycles. The molecule has 2 unspecified atom stereocenters. The molecule has 1 saturated heterocycles. The van der Waals surface area contributed by atoms with Crippen molar-refractivity contribution in [2.45, 2.75) is 13.0 Å². The first-order valence-electron chi connectivity index (χ1n) is 5.75. The van der Waals surface area contributed by atoms with Gasteiger partial charge in [-0.05, 0) is 18.6 Å². The van der Waals surface area contributed by atoms with Gasteiger partial charge in [0.05, 0.1) is 30.9 Å². The van der Waals surface area contributed by atoms with Gasteiger partial charge in [-0.25, -0.2) is 4.98 Å². The molecule has 2 aliphatic rings. The van der Waals surface area contributed by atoms with E-state index in [2.05, 4.69) is 15.2 Å². The molecular formula is C12H15N3O2. The average Bonchev–Trinajstić information content (AvgIpc) is 2.76. The van der Waals surface area contributed by atoms with E-state index in [1.807, 2.05) is 20.0 Å². The second-order valence-electron chi connectivity index (χ2n) is 4.64. The highest BCUT2D eigenvalue weighted by Crippen LogP contribution is 2.34. The first-order chi connectivity index (χ1) is 8.18. The van der Waals surface area contributed by atoms with E-state index in [0.717, 1.165) is 17.1 Å². The summed E-state index contributed by atoms with van der Waals surface area (Å²) in [5.74, 6) is 0.763. The van der Waals surface area contributed by atoms with Gasteiger partial charge in [-0.3, -0.25) is 4.79 Å². The Kier molecular flexibility index (Phi) is 2.29. The average molecular weight is 233 g/mol. The van der Waals surface area contributed by atoms with E-state index in [-0.39, 0.29) is 17.9 Å². The molecule has 17 heavy (non-hydrogen) atoms. The van der Waals surface area contributed by atoms with Crippen LogP contribution in [0.5, 0.6) is 0 Å². The van der Waals surface area contributed by atoms with Gasteiger partial charge in [-0.15, -0.1) is 0 Å². The largest absolute Gasteiger partial charge is 0.378 e. The van der Waals surface area contributed by atoms with Gasteiger partial charge in [0.25, 0.3) is 0 Å². The normalized spacial score (nSPS) is 27.2. The number of hydrogen-bond acceptors (Lipinski definition) is 4. The third-order valence-corrected chi connectivity index (χ3v) is 3.61. The molecule has 2 aliphatic heterocycles. The van der Waals surface area contributed by atoms with Crippen LogP contribution in [0.25, 0.3) is 0 Å². The summed E-state index contributed by atoms with van der Waals surface area (Å²) in [7, 11) is 1.97. The molecule has 0 aliphatic carbocycles. The summed E-state index contributed by atoms with van der Waals surface area (Å²) < 4.78 is 5.40. The van der Waals surface area contributed by atoms with Gasteiger partial charge in [0.2, 0.25) is 5.91 Å². The van der Waals surface area contributed by atoms with Crippen molar-refractivity contribution >= 4 is 17.4 Å². The minimum atomic E-state index is -0.103. The van der Waals surface area contributed by atoms with Crippen LogP contribution in [-0.2, 0) is 9.53 Å². The Hall–Kier alpha value is -1.62. The number of likely N-dealkylation sites (N-methyl/N-ethyl adjacent to an activating group) is 1. The second-order valence-corrected chi connectivity index (χ2v) is 4.64. The number of aromatic nitrogens is 1. The van der Waals surface area contributed by atoms with Gasteiger partial charge in [0.1, 0.15) is 0 Å². The number of carbonyl (C=O) groups is 1.